The molecule has 3 rings (SSSR count). The Morgan fingerprint density at radius 1 is 1.36 bits per heavy atom. The first-order valence-electron chi connectivity index (χ1n) is 8.63. The van der Waals surface area contributed by atoms with Crippen LogP contribution in [-0.2, 0) is 22.5 Å². The van der Waals surface area contributed by atoms with Crippen molar-refractivity contribution in [3.63, 3.8) is 0 Å². The van der Waals surface area contributed by atoms with Gasteiger partial charge in [0, 0.05) is 25.2 Å². The van der Waals surface area contributed by atoms with Gasteiger partial charge in [-0.15, -0.1) is 0 Å². The Morgan fingerprint density at radius 2 is 2.18 bits per heavy atom. The third-order valence-corrected chi connectivity index (χ3v) is 4.83. The maximum Gasteiger partial charge on any atom is 0.249 e. The van der Waals surface area contributed by atoms with Crippen molar-refractivity contribution in [3.8, 4) is 0 Å². The lowest BCUT2D eigenvalue weighted by atomic mass is 9.87. The molecular weight excluding hydrogens is 278 g/mol. The minimum absolute atomic E-state index is 0.0181. The number of rotatable bonds is 5. The van der Waals surface area contributed by atoms with E-state index in [1.165, 1.54) is 38.5 Å². The number of carbonyl (C=O) groups excluding carboxylic acids is 1. The van der Waals surface area contributed by atoms with Crippen LogP contribution in [0.1, 0.15) is 51.1 Å². The topological polar surface area (TPSA) is 56.2 Å². The first-order valence-corrected chi connectivity index (χ1v) is 8.63. The number of hydrogen-bond donors (Lipinski definition) is 1. The zero-order valence-corrected chi connectivity index (χ0v) is 13.5. The van der Waals surface area contributed by atoms with Gasteiger partial charge in [0.1, 0.15) is 6.10 Å². The fraction of sp³-hybridized carbons (Fsp3) is 0.765. The molecule has 2 heterocycles. The molecule has 0 radical (unpaired) electrons. The molecular formula is C17H27N3O2. The van der Waals surface area contributed by atoms with Crippen LogP contribution in [0.25, 0.3) is 0 Å². The number of aryl methyl sites for hydroxylation is 1. The molecule has 1 N–H and O–H groups in total. The molecule has 1 aromatic heterocycles. The number of nitrogens with zero attached hydrogens (tertiary/aromatic N) is 2. The van der Waals surface area contributed by atoms with Crippen LogP contribution in [0.5, 0.6) is 0 Å². The normalized spacial score (nSPS) is 26.9. The maximum absolute atomic E-state index is 11.9. The van der Waals surface area contributed by atoms with E-state index in [-0.39, 0.29) is 11.9 Å². The molecule has 0 aromatic carbocycles. The van der Waals surface area contributed by atoms with Gasteiger partial charge in [-0.2, -0.15) is 0 Å². The molecule has 1 aromatic rings. The lowest BCUT2D eigenvalue weighted by molar-refractivity contribution is -0.140. The molecule has 2 fully saturated rings. The Balaban J connectivity index is 1.47. The summed E-state index contributed by atoms with van der Waals surface area (Å²) >= 11 is 0. The predicted molar refractivity (Wildman–Crippen MR) is 84.5 cm³/mol. The second-order valence-corrected chi connectivity index (χ2v) is 6.83. The fourth-order valence-electron chi connectivity index (χ4n) is 3.50. The van der Waals surface area contributed by atoms with Gasteiger partial charge in [0.2, 0.25) is 5.91 Å². The standard InChI is InChI=1S/C17H27N3O2/c1-13-11-22-16(17(21)19-13)9-15-10-20(12-18-15)8-7-14-5-3-2-4-6-14/h10,12-14,16H,2-9,11H2,1H3,(H,19,21). The third kappa shape index (κ3) is 4.09. The summed E-state index contributed by atoms with van der Waals surface area (Å²) in [5, 5.41) is 2.93. The van der Waals surface area contributed by atoms with Crippen molar-refractivity contribution in [3.05, 3.63) is 18.2 Å². The Hall–Kier alpha value is -1.36. The van der Waals surface area contributed by atoms with Gasteiger partial charge in [0.05, 0.1) is 18.6 Å². The number of imidazole rings is 1. The number of amides is 1. The van der Waals surface area contributed by atoms with Crippen molar-refractivity contribution >= 4 is 5.91 Å². The van der Waals surface area contributed by atoms with Crippen LogP contribution in [-0.4, -0.2) is 34.2 Å². The summed E-state index contributed by atoms with van der Waals surface area (Å²) in [6.07, 6.45) is 12.3. The molecule has 0 spiro atoms. The lowest BCUT2D eigenvalue weighted by Gasteiger charge is -2.26. The Bertz CT molecular complexity index is 494. The molecule has 122 valence electrons. The lowest BCUT2D eigenvalue weighted by Crippen LogP contribution is -2.50. The molecule has 1 aliphatic carbocycles. The highest BCUT2D eigenvalue weighted by Crippen LogP contribution is 2.26. The first-order chi connectivity index (χ1) is 10.7. The monoisotopic (exact) mass is 305 g/mol. The van der Waals surface area contributed by atoms with Crippen molar-refractivity contribution in [2.45, 2.75) is 70.6 Å². The fourth-order valence-corrected chi connectivity index (χ4v) is 3.50. The average Bonchev–Trinajstić information content (AvgIpc) is 2.97. The van der Waals surface area contributed by atoms with E-state index in [0.717, 1.165) is 18.2 Å². The van der Waals surface area contributed by atoms with Crippen molar-refractivity contribution in [1.29, 1.82) is 0 Å². The summed E-state index contributed by atoms with van der Waals surface area (Å²) in [6.45, 7) is 3.57. The average molecular weight is 305 g/mol. The Kier molecular flexibility index (Phi) is 5.13. The minimum atomic E-state index is -0.391. The van der Waals surface area contributed by atoms with E-state index in [2.05, 4.69) is 21.1 Å². The second-order valence-electron chi connectivity index (χ2n) is 6.83. The molecule has 22 heavy (non-hydrogen) atoms. The number of aromatic nitrogens is 2. The van der Waals surface area contributed by atoms with Crippen LogP contribution >= 0.6 is 0 Å². The highest BCUT2D eigenvalue weighted by molar-refractivity contribution is 5.81. The van der Waals surface area contributed by atoms with Gasteiger partial charge in [-0.05, 0) is 19.3 Å². The van der Waals surface area contributed by atoms with E-state index in [1.807, 2.05) is 13.3 Å². The van der Waals surface area contributed by atoms with E-state index in [4.69, 9.17) is 4.74 Å². The van der Waals surface area contributed by atoms with Gasteiger partial charge >= 0.3 is 0 Å². The van der Waals surface area contributed by atoms with Crippen LogP contribution < -0.4 is 5.32 Å². The molecule has 2 atom stereocenters. The molecule has 1 amide bonds. The van der Waals surface area contributed by atoms with Gasteiger partial charge in [0.25, 0.3) is 0 Å². The summed E-state index contributed by atoms with van der Waals surface area (Å²) in [5.41, 5.74) is 0.943. The molecule has 5 heteroatoms. The van der Waals surface area contributed by atoms with Gasteiger partial charge in [0.15, 0.2) is 0 Å². The second kappa shape index (κ2) is 7.27. The molecule has 1 saturated carbocycles. The van der Waals surface area contributed by atoms with Gasteiger partial charge in [-0.3, -0.25) is 4.79 Å². The zero-order valence-electron chi connectivity index (χ0n) is 13.5. The van der Waals surface area contributed by atoms with E-state index in [1.54, 1.807) is 0 Å². The minimum Gasteiger partial charge on any atom is -0.366 e. The van der Waals surface area contributed by atoms with Crippen molar-refractivity contribution in [2.24, 2.45) is 5.92 Å². The first kappa shape index (κ1) is 15.5. The summed E-state index contributed by atoms with van der Waals surface area (Å²) in [5.74, 6) is 0.865. The highest BCUT2D eigenvalue weighted by Gasteiger charge is 2.27. The third-order valence-electron chi connectivity index (χ3n) is 4.83. The largest absolute Gasteiger partial charge is 0.366 e. The van der Waals surface area contributed by atoms with Crippen LogP contribution in [0.2, 0.25) is 0 Å². The smallest absolute Gasteiger partial charge is 0.249 e. The van der Waals surface area contributed by atoms with Crippen molar-refractivity contribution < 1.29 is 9.53 Å². The van der Waals surface area contributed by atoms with Gasteiger partial charge in [-0.1, -0.05) is 32.1 Å². The van der Waals surface area contributed by atoms with Crippen LogP contribution in [0.4, 0.5) is 0 Å². The van der Waals surface area contributed by atoms with Crippen LogP contribution in [0, 0.1) is 5.92 Å². The van der Waals surface area contributed by atoms with Crippen molar-refractivity contribution in [1.82, 2.24) is 14.9 Å². The molecule has 5 nitrogen and oxygen atoms in total. The molecule has 0 bridgehead atoms. The van der Waals surface area contributed by atoms with Gasteiger partial charge < -0.3 is 14.6 Å². The van der Waals surface area contributed by atoms with E-state index >= 15 is 0 Å². The van der Waals surface area contributed by atoms with Crippen LogP contribution in [0.15, 0.2) is 12.5 Å². The Morgan fingerprint density at radius 3 is 2.95 bits per heavy atom. The predicted octanol–water partition coefficient (Wildman–Crippen LogP) is 2.30. The number of hydrogen-bond acceptors (Lipinski definition) is 3. The van der Waals surface area contributed by atoms with Gasteiger partial charge in [-0.25, -0.2) is 4.98 Å². The summed E-state index contributed by atoms with van der Waals surface area (Å²) in [6, 6.07) is 0.108. The number of carbonyl (C=O) groups is 1. The number of nitrogens with one attached hydrogen (secondary N) is 1. The molecule has 1 aliphatic heterocycles. The molecule has 2 aliphatic rings. The van der Waals surface area contributed by atoms with E-state index < -0.39 is 6.10 Å². The quantitative estimate of drug-likeness (QED) is 0.908. The van der Waals surface area contributed by atoms with Crippen LogP contribution in [0.3, 0.4) is 0 Å². The van der Waals surface area contributed by atoms with E-state index in [0.29, 0.717) is 13.0 Å². The SMILES string of the molecule is CC1COC(Cc2cn(CCC3CCCCC3)cn2)C(=O)N1. The zero-order chi connectivity index (χ0) is 15.4. The van der Waals surface area contributed by atoms with E-state index in [9.17, 15) is 4.79 Å². The summed E-state index contributed by atoms with van der Waals surface area (Å²) in [7, 11) is 0. The summed E-state index contributed by atoms with van der Waals surface area (Å²) in [4.78, 5) is 16.3. The molecule has 1 saturated heterocycles. The summed E-state index contributed by atoms with van der Waals surface area (Å²) < 4.78 is 7.77. The number of morpholine rings is 1. The van der Waals surface area contributed by atoms with Crippen molar-refractivity contribution in [2.75, 3.05) is 6.61 Å². The number of ether oxygens (including phenoxy) is 1. The molecule has 2 unspecified atom stereocenters. The maximum atomic E-state index is 11.9. The Labute approximate surface area is 132 Å². The highest BCUT2D eigenvalue weighted by atomic mass is 16.5.